The normalized spacial score (nSPS) is 42.7. The molecule has 2 fully saturated rings. The van der Waals surface area contributed by atoms with Gasteiger partial charge in [0, 0.05) is 0 Å². The molecular weight excluding hydrogens is 282 g/mol. The van der Waals surface area contributed by atoms with Gasteiger partial charge in [-0.3, -0.25) is 0 Å². The maximum atomic E-state index is 2.37. The Morgan fingerprint density at radius 3 is 2.44 bits per heavy atom. The van der Waals surface area contributed by atoms with E-state index in [0.29, 0.717) is 0 Å². The van der Waals surface area contributed by atoms with Crippen molar-refractivity contribution in [2.45, 2.75) is 18.9 Å². The molecule has 0 aliphatic carbocycles. The van der Waals surface area contributed by atoms with Crippen molar-refractivity contribution < 1.29 is 0 Å². The summed E-state index contributed by atoms with van der Waals surface area (Å²) in [5, 5.41) is 5.49. The average Bonchev–Trinajstić information content (AvgIpc) is 1.88. The fourth-order valence-electron chi connectivity index (χ4n) is 0.807. The summed E-state index contributed by atoms with van der Waals surface area (Å²) in [5.41, 5.74) is 0. The van der Waals surface area contributed by atoms with E-state index in [0.717, 1.165) is 38.2 Å². The van der Waals surface area contributed by atoms with Gasteiger partial charge < -0.3 is 0 Å². The first kappa shape index (κ1) is 7.39. The molecule has 0 spiro atoms. The molecule has 51 valence electrons. The van der Waals surface area contributed by atoms with Gasteiger partial charge in [-0.1, -0.05) is 0 Å². The fraction of sp³-hybridized carbons (Fsp3) is 0.800. The van der Waals surface area contributed by atoms with Gasteiger partial charge in [-0.05, 0) is 0 Å². The summed E-state index contributed by atoms with van der Waals surface area (Å²) < 4.78 is 2.16. The van der Waals surface area contributed by atoms with Crippen molar-refractivity contribution in [3.63, 3.8) is 0 Å². The Labute approximate surface area is 77.0 Å². The van der Waals surface area contributed by atoms with E-state index in [1.165, 1.54) is 0 Å². The van der Waals surface area contributed by atoms with Crippen LogP contribution in [0.4, 0.5) is 0 Å². The Hall–Kier alpha value is 1.74. The molecule has 2 heterocycles. The third kappa shape index (κ3) is 1.85. The molecule has 0 aromatic heterocycles. The number of hydrogen-bond donors (Lipinski definition) is 0. The van der Waals surface area contributed by atoms with Crippen LogP contribution in [0.5, 0.6) is 0 Å². The first-order valence-electron chi connectivity index (χ1n) is 2.81. The molecular formula is C5H7S2Se2. The van der Waals surface area contributed by atoms with E-state index in [4.69, 9.17) is 0 Å². The molecule has 0 aromatic rings. The summed E-state index contributed by atoms with van der Waals surface area (Å²) >= 11 is 6.18. The second-order valence-corrected chi connectivity index (χ2v) is 10.9. The Kier molecular flexibility index (Phi) is 2.81. The van der Waals surface area contributed by atoms with E-state index in [-0.39, 0.29) is 0 Å². The molecule has 2 unspecified atom stereocenters. The van der Waals surface area contributed by atoms with Crippen molar-refractivity contribution in [1.29, 1.82) is 0 Å². The molecule has 2 bridgehead atoms. The standard InChI is InChI=1S/C5H7S2Se2/c1-4-6-3-7-5(9-4)2-8-1/h3-5H,1-2H2. The van der Waals surface area contributed by atoms with E-state index in [1.807, 2.05) is 0 Å². The van der Waals surface area contributed by atoms with Crippen LogP contribution in [0, 0.1) is 5.08 Å². The van der Waals surface area contributed by atoms with E-state index in [9.17, 15) is 0 Å². The second kappa shape index (κ2) is 3.42. The molecule has 0 aromatic carbocycles. The fourth-order valence-corrected chi connectivity index (χ4v) is 14.6. The van der Waals surface area contributed by atoms with Crippen molar-refractivity contribution in [2.24, 2.45) is 0 Å². The van der Waals surface area contributed by atoms with E-state index < -0.39 is 0 Å². The summed E-state index contributed by atoms with van der Waals surface area (Å²) in [6.07, 6.45) is 0. The summed E-state index contributed by atoms with van der Waals surface area (Å²) in [6, 6.07) is 0. The van der Waals surface area contributed by atoms with Gasteiger partial charge in [-0.2, -0.15) is 0 Å². The first-order chi connectivity index (χ1) is 4.45. The monoisotopic (exact) mass is 291 g/mol. The zero-order valence-corrected chi connectivity index (χ0v) is 9.84. The molecule has 1 radical (unpaired) electrons. The summed E-state index contributed by atoms with van der Waals surface area (Å²) in [7, 11) is 0. The Morgan fingerprint density at radius 2 is 1.89 bits per heavy atom. The predicted octanol–water partition coefficient (Wildman–Crippen LogP) is 1.50. The van der Waals surface area contributed by atoms with Crippen molar-refractivity contribution in [2.75, 3.05) is 0 Å². The van der Waals surface area contributed by atoms with Crippen LogP contribution < -0.4 is 0 Å². The van der Waals surface area contributed by atoms with Crippen LogP contribution in [-0.2, 0) is 0 Å². The molecule has 2 rings (SSSR count). The van der Waals surface area contributed by atoms with Gasteiger partial charge in [-0.15, -0.1) is 0 Å². The molecule has 2 atom stereocenters. The van der Waals surface area contributed by atoms with Crippen LogP contribution in [0.25, 0.3) is 0 Å². The molecule has 4 heteroatoms. The summed E-state index contributed by atoms with van der Waals surface area (Å²) in [4.78, 5) is 0. The van der Waals surface area contributed by atoms with Crippen LogP contribution >= 0.6 is 23.5 Å². The van der Waals surface area contributed by atoms with Gasteiger partial charge in [0.2, 0.25) is 0 Å². The quantitative estimate of drug-likeness (QED) is 0.620. The number of hydrogen-bond acceptors (Lipinski definition) is 2. The Balaban J connectivity index is 1.96. The molecule has 2 aliphatic rings. The Bertz CT molecular complexity index is 89.1. The van der Waals surface area contributed by atoms with Crippen molar-refractivity contribution in [3.05, 3.63) is 5.08 Å². The summed E-state index contributed by atoms with van der Waals surface area (Å²) in [5.74, 6) is 0. The van der Waals surface area contributed by atoms with Gasteiger partial charge in [0.25, 0.3) is 0 Å². The van der Waals surface area contributed by atoms with Crippen LogP contribution in [-0.4, -0.2) is 38.2 Å². The topological polar surface area (TPSA) is 0 Å². The second-order valence-electron chi connectivity index (χ2n) is 1.90. The maximum absolute atomic E-state index is 2.37. The minimum atomic E-state index is 0.976. The minimum absolute atomic E-state index is 0.976. The van der Waals surface area contributed by atoms with Crippen molar-refractivity contribution in [3.8, 4) is 0 Å². The van der Waals surface area contributed by atoms with Gasteiger partial charge in [0.15, 0.2) is 0 Å². The van der Waals surface area contributed by atoms with Gasteiger partial charge in [0.1, 0.15) is 0 Å². The molecule has 0 nitrogen and oxygen atoms in total. The zero-order chi connectivity index (χ0) is 6.10. The van der Waals surface area contributed by atoms with Crippen LogP contribution in [0.3, 0.4) is 0 Å². The molecule has 9 heavy (non-hydrogen) atoms. The van der Waals surface area contributed by atoms with E-state index in [1.54, 1.807) is 10.6 Å². The van der Waals surface area contributed by atoms with Crippen LogP contribution in [0.2, 0.25) is 10.6 Å². The number of fused-ring (bicyclic) bond motifs is 2. The summed E-state index contributed by atoms with van der Waals surface area (Å²) in [6.45, 7) is 0. The van der Waals surface area contributed by atoms with Gasteiger partial charge >= 0.3 is 77.5 Å². The van der Waals surface area contributed by atoms with Gasteiger partial charge in [0.05, 0.1) is 0 Å². The van der Waals surface area contributed by atoms with Crippen LogP contribution in [0.15, 0.2) is 0 Å². The average molecular weight is 289 g/mol. The first-order valence-corrected chi connectivity index (χ1v) is 9.09. The molecule has 0 saturated carbocycles. The van der Waals surface area contributed by atoms with Crippen LogP contribution in [0.1, 0.15) is 0 Å². The number of thioether (sulfide) groups is 2. The van der Waals surface area contributed by atoms with Crippen molar-refractivity contribution >= 4 is 53.4 Å². The van der Waals surface area contributed by atoms with Crippen molar-refractivity contribution in [1.82, 2.24) is 0 Å². The van der Waals surface area contributed by atoms with E-state index >= 15 is 0 Å². The van der Waals surface area contributed by atoms with Gasteiger partial charge in [-0.25, -0.2) is 0 Å². The third-order valence-corrected chi connectivity index (χ3v) is 13.1. The zero-order valence-electron chi connectivity index (χ0n) is 4.78. The molecule has 2 saturated heterocycles. The van der Waals surface area contributed by atoms with E-state index in [2.05, 4.69) is 28.6 Å². The SMILES string of the molecule is [CH]1SC2C[Se]CC(S1)[Se]2. The molecule has 0 amide bonds. The third-order valence-electron chi connectivity index (χ3n) is 1.23. The molecule has 0 N–H and O–H groups in total. The number of rotatable bonds is 0. The predicted molar refractivity (Wildman–Crippen MR) is 48.2 cm³/mol. The Morgan fingerprint density at radius 1 is 1.22 bits per heavy atom. The molecule has 2 aliphatic heterocycles.